The maximum absolute atomic E-state index is 14.3. The zero-order valence-electron chi connectivity index (χ0n) is 17.8. The highest BCUT2D eigenvalue weighted by Gasteiger charge is 2.28. The fraction of sp³-hybridized carbons (Fsp3) is 0.208. The van der Waals surface area contributed by atoms with Crippen LogP contribution in [0.1, 0.15) is 29.7 Å². The van der Waals surface area contributed by atoms with Crippen LogP contribution < -0.4 is 5.32 Å². The third-order valence-electron chi connectivity index (χ3n) is 5.03. The van der Waals surface area contributed by atoms with Gasteiger partial charge in [-0.25, -0.2) is 12.8 Å². The van der Waals surface area contributed by atoms with Crippen LogP contribution in [0.5, 0.6) is 0 Å². The van der Waals surface area contributed by atoms with Gasteiger partial charge in [0.2, 0.25) is 15.9 Å². The Morgan fingerprint density at radius 2 is 1.66 bits per heavy atom. The summed E-state index contributed by atoms with van der Waals surface area (Å²) >= 11 is 3.37. The van der Waals surface area contributed by atoms with E-state index in [0.29, 0.717) is 0 Å². The highest BCUT2D eigenvalue weighted by atomic mass is 79.9. The Morgan fingerprint density at radius 1 is 1.03 bits per heavy atom. The summed E-state index contributed by atoms with van der Waals surface area (Å²) in [5.41, 5.74) is 1.98. The minimum absolute atomic E-state index is 0.0493. The van der Waals surface area contributed by atoms with Crippen molar-refractivity contribution in [2.75, 3.05) is 6.54 Å². The summed E-state index contributed by atoms with van der Waals surface area (Å²) < 4.78 is 42.8. The second kappa shape index (κ2) is 10.4. The Morgan fingerprint density at radius 3 is 2.28 bits per heavy atom. The molecule has 0 aliphatic heterocycles. The Kier molecular flexibility index (Phi) is 7.82. The number of nitrogens with zero attached hydrogens (tertiary/aromatic N) is 1. The van der Waals surface area contributed by atoms with Gasteiger partial charge in [0, 0.05) is 16.6 Å². The average molecular weight is 519 g/mol. The normalized spacial score (nSPS) is 12.5. The van der Waals surface area contributed by atoms with E-state index < -0.39 is 28.3 Å². The Labute approximate surface area is 196 Å². The van der Waals surface area contributed by atoms with E-state index in [1.165, 1.54) is 30.3 Å². The zero-order valence-corrected chi connectivity index (χ0v) is 20.2. The van der Waals surface area contributed by atoms with E-state index in [1.54, 1.807) is 18.2 Å². The molecule has 0 radical (unpaired) electrons. The van der Waals surface area contributed by atoms with Crippen molar-refractivity contribution in [1.82, 2.24) is 9.62 Å². The fourth-order valence-electron chi connectivity index (χ4n) is 3.18. The molecule has 0 aliphatic carbocycles. The van der Waals surface area contributed by atoms with Crippen molar-refractivity contribution in [2.45, 2.75) is 31.3 Å². The number of halogens is 2. The van der Waals surface area contributed by atoms with E-state index in [1.807, 2.05) is 38.1 Å². The second-order valence-corrected chi connectivity index (χ2v) is 10.4. The predicted molar refractivity (Wildman–Crippen MR) is 126 cm³/mol. The van der Waals surface area contributed by atoms with Crippen molar-refractivity contribution in [3.05, 3.63) is 99.8 Å². The Balaban J connectivity index is 1.84. The summed E-state index contributed by atoms with van der Waals surface area (Å²) in [5.74, 6) is -1.01. The van der Waals surface area contributed by atoms with Crippen LogP contribution in [-0.4, -0.2) is 25.2 Å². The average Bonchev–Trinajstić information content (AvgIpc) is 2.75. The largest absolute Gasteiger partial charge is 0.348 e. The van der Waals surface area contributed by atoms with Gasteiger partial charge >= 0.3 is 0 Å². The van der Waals surface area contributed by atoms with Gasteiger partial charge < -0.3 is 5.32 Å². The summed E-state index contributed by atoms with van der Waals surface area (Å²) in [6.45, 7) is 2.97. The molecule has 0 saturated carbocycles. The number of benzene rings is 3. The van der Waals surface area contributed by atoms with Gasteiger partial charge in [0.05, 0.1) is 17.5 Å². The van der Waals surface area contributed by atoms with Gasteiger partial charge in [0.15, 0.2) is 0 Å². The van der Waals surface area contributed by atoms with Crippen LogP contribution in [0, 0.1) is 12.7 Å². The molecule has 1 amide bonds. The number of aryl methyl sites for hydroxylation is 1. The van der Waals surface area contributed by atoms with E-state index in [0.717, 1.165) is 19.9 Å². The molecule has 3 aromatic carbocycles. The quantitative estimate of drug-likeness (QED) is 0.458. The molecule has 1 N–H and O–H groups in total. The highest BCUT2D eigenvalue weighted by Crippen LogP contribution is 2.21. The third kappa shape index (κ3) is 6.03. The molecule has 1 unspecified atom stereocenters. The third-order valence-corrected chi connectivity index (χ3v) is 7.37. The molecule has 0 saturated heterocycles. The molecule has 8 heteroatoms. The zero-order chi connectivity index (χ0) is 23.3. The van der Waals surface area contributed by atoms with Gasteiger partial charge in [-0.2, -0.15) is 4.31 Å². The molecule has 0 spiro atoms. The van der Waals surface area contributed by atoms with Crippen LogP contribution in [-0.2, 0) is 21.4 Å². The lowest BCUT2D eigenvalue weighted by Crippen LogP contribution is -2.41. The van der Waals surface area contributed by atoms with Gasteiger partial charge in [-0.05, 0) is 49.7 Å². The van der Waals surface area contributed by atoms with Gasteiger partial charge in [-0.1, -0.05) is 64.0 Å². The van der Waals surface area contributed by atoms with E-state index >= 15 is 0 Å². The van der Waals surface area contributed by atoms with E-state index in [-0.39, 0.29) is 23.0 Å². The van der Waals surface area contributed by atoms with Crippen LogP contribution in [0.3, 0.4) is 0 Å². The molecule has 0 fully saturated rings. The van der Waals surface area contributed by atoms with Crippen LogP contribution in [0.2, 0.25) is 0 Å². The van der Waals surface area contributed by atoms with E-state index in [2.05, 4.69) is 21.2 Å². The van der Waals surface area contributed by atoms with Gasteiger partial charge in [0.25, 0.3) is 0 Å². The summed E-state index contributed by atoms with van der Waals surface area (Å²) in [5, 5.41) is 2.83. The van der Waals surface area contributed by atoms with Crippen molar-refractivity contribution in [3.63, 3.8) is 0 Å². The topological polar surface area (TPSA) is 66.5 Å². The minimum Gasteiger partial charge on any atom is -0.348 e. The first-order chi connectivity index (χ1) is 15.2. The Hall–Kier alpha value is -2.55. The molecule has 168 valence electrons. The van der Waals surface area contributed by atoms with Crippen LogP contribution in [0.25, 0.3) is 0 Å². The molecule has 0 aliphatic rings. The number of hydrogen-bond acceptors (Lipinski definition) is 3. The van der Waals surface area contributed by atoms with Crippen LogP contribution >= 0.6 is 15.9 Å². The summed E-state index contributed by atoms with van der Waals surface area (Å²) in [4.78, 5) is 12.8. The summed E-state index contributed by atoms with van der Waals surface area (Å²) in [6, 6.07) is 19.4. The fourth-order valence-corrected chi connectivity index (χ4v) is 4.82. The van der Waals surface area contributed by atoms with Crippen molar-refractivity contribution < 1.29 is 17.6 Å². The number of amides is 1. The first-order valence-corrected chi connectivity index (χ1v) is 12.2. The van der Waals surface area contributed by atoms with Crippen molar-refractivity contribution >= 4 is 31.9 Å². The minimum atomic E-state index is -4.03. The maximum atomic E-state index is 14.3. The lowest BCUT2D eigenvalue weighted by Gasteiger charge is -2.23. The predicted octanol–water partition coefficient (Wildman–Crippen LogP) is 4.96. The van der Waals surface area contributed by atoms with Crippen LogP contribution in [0.4, 0.5) is 4.39 Å². The Bertz CT molecular complexity index is 1180. The number of carbonyl (C=O) groups excluding carboxylic acids is 1. The molecule has 1 atom stereocenters. The number of carbonyl (C=O) groups is 1. The van der Waals surface area contributed by atoms with Crippen molar-refractivity contribution in [1.29, 1.82) is 0 Å². The van der Waals surface area contributed by atoms with E-state index in [9.17, 15) is 17.6 Å². The number of sulfonamides is 1. The second-order valence-electron chi connectivity index (χ2n) is 7.52. The van der Waals surface area contributed by atoms with Crippen molar-refractivity contribution in [2.24, 2.45) is 0 Å². The molecule has 0 aromatic heterocycles. The molecule has 0 heterocycles. The van der Waals surface area contributed by atoms with E-state index in [4.69, 9.17) is 0 Å². The summed E-state index contributed by atoms with van der Waals surface area (Å²) in [7, 11) is -4.03. The van der Waals surface area contributed by atoms with Crippen molar-refractivity contribution in [3.8, 4) is 0 Å². The molecule has 5 nitrogen and oxygen atoms in total. The molecule has 0 bridgehead atoms. The first-order valence-electron chi connectivity index (χ1n) is 10.0. The molecule has 3 rings (SSSR count). The lowest BCUT2D eigenvalue weighted by molar-refractivity contribution is -0.122. The van der Waals surface area contributed by atoms with Gasteiger partial charge in [-0.15, -0.1) is 0 Å². The smallest absolute Gasteiger partial charge is 0.243 e. The lowest BCUT2D eigenvalue weighted by atomic mass is 10.1. The molecular weight excluding hydrogens is 495 g/mol. The number of hydrogen-bond donors (Lipinski definition) is 1. The molecule has 32 heavy (non-hydrogen) atoms. The number of nitrogens with one attached hydrogen (secondary N) is 1. The SMILES string of the molecule is Cc1ccc(S(=O)(=O)N(CC(=O)NC(C)c2ccc(Br)cc2)Cc2ccccc2F)cc1. The van der Waals surface area contributed by atoms with Gasteiger partial charge in [-0.3, -0.25) is 4.79 Å². The number of rotatable bonds is 8. The standard InChI is InChI=1S/C24H24BrFN2O3S/c1-17-7-13-22(14-8-17)32(30,31)28(15-20-5-3-4-6-23(20)26)16-24(29)27-18(2)19-9-11-21(25)12-10-19/h3-14,18H,15-16H2,1-2H3,(H,27,29). The monoisotopic (exact) mass is 518 g/mol. The van der Waals surface area contributed by atoms with Gasteiger partial charge in [0.1, 0.15) is 5.82 Å². The summed E-state index contributed by atoms with van der Waals surface area (Å²) in [6.07, 6.45) is 0. The molecule has 3 aromatic rings. The first kappa shape index (κ1) is 24.1. The maximum Gasteiger partial charge on any atom is 0.243 e. The van der Waals surface area contributed by atoms with Crippen LogP contribution in [0.15, 0.2) is 82.2 Å². The molecular formula is C24H24BrFN2O3S. The highest BCUT2D eigenvalue weighted by molar-refractivity contribution is 9.10.